The molecule has 1 N–H and O–H groups in total. The SMILES string of the molecule is O=c1n(-c2ccccc2)cc(O)n1-c1cc[n+](-c2ccc([N+](=O)[O-])cc2[N+](=O)[O-])cc1. The molecular formula is C20H14N5O6+. The maximum atomic E-state index is 12.8. The van der Waals surface area contributed by atoms with Crippen molar-refractivity contribution < 1.29 is 19.5 Å². The van der Waals surface area contributed by atoms with E-state index < -0.39 is 26.9 Å². The van der Waals surface area contributed by atoms with Crippen LogP contribution >= 0.6 is 0 Å². The molecule has 0 aliphatic carbocycles. The highest BCUT2D eigenvalue weighted by molar-refractivity contribution is 5.53. The summed E-state index contributed by atoms with van der Waals surface area (Å²) in [6.07, 6.45) is 4.20. The van der Waals surface area contributed by atoms with Crippen LogP contribution in [0.4, 0.5) is 11.4 Å². The minimum Gasteiger partial charge on any atom is -0.493 e. The maximum absolute atomic E-state index is 12.8. The van der Waals surface area contributed by atoms with Gasteiger partial charge in [-0.25, -0.2) is 9.36 Å². The topological polar surface area (TPSA) is 137 Å². The molecular weight excluding hydrogens is 406 g/mol. The van der Waals surface area contributed by atoms with Crippen molar-refractivity contribution in [1.29, 1.82) is 0 Å². The van der Waals surface area contributed by atoms with Crippen LogP contribution in [0.2, 0.25) is 0 Å². The van der Waals surface area contributed by atoms with E-state index in [2.05, 4.69) is 0 Å². The van der Waals surface area contributed by atoms with Crippen molar-refractivity contribution in [3.63, 3.8) is 0 Å². The largest absolute Gasteiger partial charge is 0.493 e. The zero-order chi connectivity index (χ0) is 22.1. The minimum atomic E-state index is -0.711. The predicted octanol–water partition coefficient (Wildman–Crippen LogP) is 2.43. The Morgan fingerprint density at radius 2 is 1.55 bits per heavy atom. The van der Waals surface area contributed by atoms with Gasteiger partial charge in [0, 0.05) is 24.3 Å². The molecule has 0 aliphatic heterocycles. The van der Waals surface area contributed by atoms with E-state index in [9.17, 15) is 30.1 Å². The van der Waals surface area contributed by atoms with Crippen molar-refractivity contribution >= 4 is 11.4 Å². The summed E-state index contributed by atoms with van der Waals surface area (Å²) in [6, 6.07) is 15.1. The summed E-state index contributed by atoms with van der Waals surface area (Å²) in [7, 11) is 0. The van der Waals surface area contributed by atoms with Crippen LogP contribution in [0.5, 0.6) is 5.88 Å². The molecule has 0 atom stereocenters. The Morgan fingerprint density at radius 3 is 2.16 bits per heavy atom. The Labute approximate surface area is 173 Å². The summed E-state index contributed by atoms with van der Waals surface area (Å²) in [5, 5.41) is 32.6. The number of rotatable bonds is 5. The van der Waals surface area contributed by atoms with E-state index in [4.69, 9.17) is 0 Å². The molecule has 4 rings (SSSR count). The van der Waals surface area contributed by atoms with E-state index >= 15 is 0 Å². The first-order valence-electron chi connectivity index (χ1n) is 8.90. The molecule has 0 spiro atoms. The summed E-state index contributed by atoms with van der Waals surface area (Å²) in [4.78, 5) is 33.7. The summed E-state index contributed by atoms with van der Waals surface area (Å²) in [6.45, 7) is 0. The fourth-order valence-electron chi connectivity index (χ4n) is 3.17. The Hall–Kier alpha value is -4.80. The maximum Gasteiger partial charge on any atom is 0.347 e. The monoisotopic (exact) mass is 420 g/mol. The Kier molecular flexibility index (Phi) is 4.76. The molecule has 0 amide bonds. The zero-order valence-corrected chi connectivity index (χ0v) is 15.7. The van der Waals surface area contributed by atoms with Gasteiger partial charge in [0.2, 0.25) is 5.88 Å². The van der Waals surface area contributed by atoms with Crippen LogP contribution in [0.15, 0.2) is 84.0 Å². The summed E-state index contributed by atoms with van der Waals surface area (Å²) < 4.78 is 3.76. The molecule has 31 heavy (non-hydrogen) atoms. The standard InChI is InChI=1S/C20H13N5O6/c26-19-13-22(14-4-2-1-3-5-14)20(27)23(19)15-8-10-21(11-9-15)17-7-6-16(24(28)29)12-18(17)25(30)31/h1-13H/p+1. The highest BCUT2D eigenvalue weighted by atomic mass is 16.6. The Bertz CT molecular complexity index is 1360. The Balaban J connectivity index is 1.75. The molecule has 0 bridgehead atoms. The fourth-order valence-corrected chi connectivity index (χ4v) is 3.17. The van der Waals surface area contributed by atoms with Crippen molar-refractivity contribution in [3.8, 4) is 22.9 Å². The molecule has 11 heteroatoms. The number of hydrogen-bond donors (Lipinski definition) is 1. The molecule has 2 aromatic carbocycles. The first kappa shape index (κ1) is 19.5. The fraction of sp³-hybridized carbons (Fsp3) is 0. The van der Waals surface area contributed by atoms with E-state index in [0.717, 1.165) is 10.6 Å². The van der Waals surface area contributed by atoms with Gasteiger partial charge in [-0.1, -0.05) is 18.2 Å². The number of para-hydroxylation sites is 1. The quantitative estimate of drug-likeness (QED) is 0.299. The van der Waals surface area contributed by atoms with Gasteiger partial charge in [-0.2, -0.15) is 4.57 Å². The molecule has 2 aromatic heterocycles. The molecule has 4 aromatic rings. The molecule has 11 nitrogen and oxygen atoms in total. The molecule has 154 valence electrons. The number of aromatic nitrogens is 3. The van der Waals surface area contributed by atoms with E-state index in [-0.39, 0.29) is 11.6 Å². The summed E-state index contributed by atoms with van der Waals surface area (Å²) in [5.74, 6) is -0.284. The van der Waals surface area contributed by atoms with Gasteiger partial charge in [-0.3, -0.25) is 24.8 Å². The molecule has 2 heterocycles. The number of non-ortho nitro benzene ring substituents is 1. The summed E-state index contributed by atoms with van der Waals surface area (Å²) in [5.41, 5.74) is -0.316. The average Bonchev–Trinajstić information content (AvgIpc) is 3.08. The van der Waals surface area contributed by atoms with E-state index in [1.807, 2.05) is 0 Å². The highest BCUT2D eigenvalue weighted by Crippen LogP contribution is 2.25. The highest BCUT2D eigenvalue weighted by Gasteiger charge is 2.26. The van der Waals surface area contributed by atoms with Crippen LogP contribution in [0, 0.1) is 20.2 Å². The second kappa shape index (κ2) is 7.55. The van der Waals surface area contributed by atoms with Gasteiger partial charge in [0.25, 0.3) is 11.4 Å². The van der Waals surface area contributed by atoms with Crippen molar-refractivity contribution in [1.82, 2.24) is 9.13 Å². The molecule has 0 aliphatic rings. The van der Waals surface area contributed by atoms with Crippen LogP contribution in [-0.2, 0) is 0 Å². The molecule has 0 saturated carbocycles. The second-order valence-electron chi connectivity index (χ2n) is 6.46. The lowest BCUT2D eigenvalue weighted by Crippen LogP contribution is -2.31. The lowest BCUT2D eigenvalue weighted by molar-refractivity contribution is -0.600. The van der Waals surface area contributed by atoms with Crippen molar-refractivity contribution in [3.05, 3.63) is 110 Å². The molecule has 0 fully saturated rings. The van der Waals surface area contributed by atoms with Crippen LogP contribution in [0.25, 0.3) is 17.1 Å². The van der Waals surface area contributed by atoms with Crippen LogP contribution in [0.3, 0.4) is 0 Å². The van der Waals surface area contributed by atoms with Crippen molar-refractivity contribution in [2.24, 2.45) is 0 Å². The number of nitro benzene ring substituents is 2. The first-order valence-corrected chi connectivity index (χ1v) is 8.90. The van der Waals surface area contributed by atoms with Gasteiger partial charge in [0.15, 0.2) is 12.4 Å². The number of hydrogen-bond acceptors (Lipinski definition) is 6. The molecule has 0 saturated heterocycles. The van der Waals surface area contributed by atoms with Crippen LogP contribution in [0.1, 0.15) is 0 Å². The zero-order valence-electron chi connectivity index (χ0n) is 15.7. The number of nitro groups is 2. The third-order valence-electron chi connectivity index (χ3n) is 4.62. The summed E-state index contributed by atoms with van der Waals surface area (Å²) >= 11 is 0. The number of aromatic hydroxyl groups is 1. The smallest absolute Gasteiger partial charge is 0.347 e. The van der Waals surface area contributed by atoms with E-state index in [1.54, 1.807) is 30.3 Å². The lowest BCUT2D eigenvalue weighted by atomic mass is 10.2. The van der Waals surface area contributed by atoms with Gasteiger partial charge >= 0.3 is 11.4 Å². The van der Waals surface area contributed by atoms with Crippen molar-refractivity contribution in [2.45, 2.75) is 0 Å². The average molecular weight is 420 g/mol. The van der Waals surface area contributed by atoms with E-state index in [1.165, 1.54) is 52.0 Å². The van der Waals surface area contributed by atoms with Gasteiger partial charge in [-0.05, 0) is 12.1 Å². The van der Waals surface area contributed by atoms with Gasteiger partial charge in [-0.15, -0.1) is 0 Å². The second-order valence-corrected chi connectivity index (χ2v) is 6.46. The number of pyridine rings is 1. The van der Waals surface area contributed by atoms with Gasteiger partial charge in [0.05, 0.1) is 27.4 Å². The van der Waals surface area contributed by atoms with Gasteiger partial charge < -0.3 is 5.11 Å². The number of imidazole rings is 1. The predicted molar refractivity (Wildman–Crippen MR) is 108 cm³/mol. The van der Waals surface area contributed by atoms with Crippen molar-refractivity contribution in [2.75, 3.05) is 0 Å². The normalized spacial score (nSPS) is 10.7. The van der Waals surface area contributed by atoms with Crippen LogP contribution in [-0.4, -0.2) is 24.1 Å². The molecule has 0 radical (unpaired) electrons. The number of nitrogens with zero attached hydrogens (tertiary/aromatic N) is 5. The minimum absolute atomic E-state index is 0.112. The number of benzene rings is 2. The third-order valence-corrected chi connectivity index (χ3v) is 4.62. The van der Waals surface area contributed by atoms with Gasteiger partial charge in [0.1, 0.15) is 6.07 Å². The lowest BCUT2D eigenvalue weighted by Gasteiger charge is -2.03. The van der Waals surface area contributed by atoms with Crippen LogP contribution < -0.4 is 10.3 Å². The molecule has 0 unspecified atom stereocenters. The van der Waals surface area contributed by atoms with E-state index in [0.29, 0.717) is 11.4 Å². The first-order chi connectivity index (χ1) is 14.9. The third kappa shape index (κ3) is 3.51. The Morgan fingerprint density at radius 1 is 0.871 bits per heavy atom.